The van der Waals surface area contributed by atoms with Crippen LogP contribution >= 0.6 is 0 Å². The summed E-state index contributed by atoms with van der Waals surface area (Å²) in [6, 6.07) is 0. The summed E-state index contributed by atoms with van der Waals surface area (Å²) in [5.74, 6) is 0.167. The van der Waals surface area contributed by atoms with Gasteiger partial charge < -0.3 is 5.11 Å². The largest absolute Gasteiger partial charge is 0.478 e. The van der Waals surface area contributed by atoms with Crippen LogP contribution in [0.4, 0.5) is 0 Å². The van der Waals surface area contributed by atoms with Crippen LogP contribution in [0.2, 0.25) is 0 Å². The zero-order chi connectivity index (χ0) is 10.1. The summed E-state index contributed by atoms with van der Waals surface area (Å²) < 4.78 is 0. The summed E-state index contributed by atoms with van der Waals surface area (Å²) in [7, 11) is 0. The van der Waals surface area contributed by atoms with Crippen LogP contribution < -0.4 is 0 Å². The Labute approximate surface area is 82.0 Å². The number of nitrogens with zero attached hydrogens (tertiary/aromatic N) is 2. The molecule has 0 aliphatic heterocycles. The number of rotatable bonds is 3. The molecule has 14 heavy (non-hydrogen) atoms. The first kappa shape index (κ1) is 9.12. The maximum absolute atomic E-state index is 10.9. The molecule has 1 fully saturated rings. The second-order valence-electron chi connectivity index (χ2n) is 3.52. The average Bonchev–Trinajstić information content (AvgIpc) is 3.00. The van der Waals surface area contributed by atoms with E-state index in [1.54, 1.807) is 0 Å². The molecule has 4 heteroatoms. The lowest BCUT2D eigenvalue weighted by atomic mass is 10.1. The SMILES string of the molecule is CCc1ncc(C(=O)O)c(C2CC2)n1. The molecule has 0 unspecified atom stereocenters. The summed E-state index contributed by atoms with van der Waals surface area (Å²) in [5.41, 5.74) is 0.994. The van der Waals surface area contributed by atoms with Gasteiger partial charge in [-0.05, 0) is 12.8 Å². The molecule has 0 radical (unpaired) electrons. The van der Waals surface area contributed by atoms with Gasteiger partial charge in [0.25, 0.3) is 0 Å². The Morgan fingerprint density at radius 2 is 2.36 bits per heavy atom. The van der Waals surface area contributed by atoms with Crippen LogP contribution in [0.1, 0.15) is 47.6 Å². The van der Waals surface area contributed by atoms with Crippen molar-refractivity contribution < 1.29 is 9.90 Å². The first-order valence-corrected chi connectivity index (χ1v) is 4.81. The molecular formula is C10H12N2O2. The van der Waals surface area contributed by atoms with E-state index >= 15 is 0 Å². The van der Waals surface area contributed by atoms with Gasteiger partial charge in [0.1, 0.15) is 5.82 Å². The Morgan fingerprint density at radius 1 is 1.64 bits per heavy atom. The third-order valence-electron chi connectivity index (χ3n) is 2.38. The average molecular weight is 192 g/mol. The molecule has 1 heterocycles. The van der Waals surface area contributed by atoms with Gasteiger partial charge in [0.05, 0.1) is 11.3 Å². The molecule has 0 saturated heterocycles. The van der Waals surface area contributed by atoms with E-state index < -0.39 is 5.97 Å². The standard InChI is InChI=1S/C10H12N2O2/c1-2-8-11-5-7(10(13)14)9(12-8)6-3-4-6/h5-6H,2-4H2,1H3,(H,13,14). The Kier molecular flexibility index (Phi) is 2.19. The van der Waals surface area contributed by atoms with Crippen LogP contribution in [0.25, 0.3) is 0 Å². The summed E-state index contributed by atoms with van der Waals surface area (Å²) in [6.07, 6.45) is 4.29. The minimum Gasteiger partial charge on any atom is -0.478 e. The third kappa shape index (κ3) is 1.60. The highest BCUT2D eigenvalue weighted by Gasteiger charge is 2.30. The summed E-state index contributed by atoms with van der Waals surface area (Å²) in [5, 5.41) is 8.93. The third-order valence-corrected chi connectivity index (χ3v) is 2.38. The zero-order valence-corrected chi connectivity index (χ0v) is 8.03. The highest BCUT2D eigenvalue weighted by atomic mass is 16.4. The van der Waals surface area contributed by atoms with E-state index in [0.717, 1.165) is 30.8 Å². The molecule has 0 bridgehead atoms. The fourth-order valence-corrected chi connectivity index (χ4v) is 1.44. The molecule has 0 amide bonds. The van der Waals surface area contributed by atoms with Crippen LogP contribution in [0, 0.1) is 0 Å². The summed E-state index contributed by atoms with van der Waals surface area (Å²) >= 11 is 0. The first-order valence-electron chi connectivity index (χ1n) is 4.81. The number of aryl methyl sites for hydroxylation is 1. The smallest absolute Gasteiger partial charge is 0.339 e. The predicted molar refractivity (Wildman–Crippen MR) is 50.3 cm³/mol. The Balaban J connectivity index is 2.43. The molecule has 2 rings (SSSR count). The summed E-state index contributed by atoms with van der Waals surface area (Å²) in [6.45, 7) is 1.96. The van der Waals surface area contributed by atoms with Crippen LogP contribution in [-0.2, 0) is 6.42 Å². The van der Waals surface area contributed by atoms with E-state index in [-0.39, 0.29) is 5.56 Å². The molecule has 1 N–H and O–H groups in total. The molecule has 0 aromatic carbocycles. The van der Waals surface area contributed by atoms with Gasteiger partial charge in [0.2, 0.25) is 0 Å². The molecule has 74 valence electrons. The van der Waals surface area contributed by atoms with E-state index in [2.05, 4.69) is 9.97 Å². The lowest BCUT2D eigenvalue weighted by Gasteiger charge is -2.04. The molecule has 0 atom stereocenters. The van der Waals surface area contributed by atoms with Gasteiger partial charge in [-0.15, -0.1) is 0 Å². The minimum absolute atomic E-state index is 0.268. The number of carboxylic acids is 1. The minimum atomic E-state index is -0.922. The van der Waals surface area contributed by atoms with Gasteiger partial charge in [0, 0.05) is 18.5 Å². The van der Waals surface area contributed by atoms with Crippen molar-refractivity contribution in [3.63, 3.8) is 0 Å². The lowest BCUT2D eigenvalue weighted by molar-refractivity contribution is 0.0694. The highest BCUT2D eigenvalue weighted by Crippen LogP contribution is 2.40. The van der Waals surface area contributed by atoms with E-state index in [9.17, 15) is 4.79 Å². The normalized spacial score (nSPS) is 15.5. The molecule has 1 aromatic rings. The van der Waals surface area contributed by atoms with Gasteiger partial charge in [-0.3, -0.25) is 0 Å². The van der Waals surface area contributed by atoms with Crippen molar-refractivity contribution in [3.05, 3.63) is 23.3 Å². The Hall–Kier alpha value is -1.45. The zero-order valence-electron chi connectivity index (χ0n) is 8.03. The molecule has 4 nitrogen and oxygen atoms in total. The first-order chi connectivity index (χ1) is 6.72. The van der Waals surface area contributed by atoms with Crippen molar-refractivity contribution in [2.24, 2.45) is 0 Å². The maximum Gasteiger partial charge on any atom is 0.339 e. The molecule has 1 aromatic heterocycles. The van der Waals surface area contributed by atoms with E-state index in [0.29, 0.717) is 5.92 Å². The van der Waals surface area contributed by atoms with Gasteiger partial charge in [0.15, 0.2) is 0 Å². The van der Waals surface area contributed by atoms with E-state index in [4.69, 9.17) is 5.11 Å². The fraction of sp³-hybridized carbons (Fsp3) is 0.500. The van der Waals surface area contributed by atoms with Gasteiger partial charge in [-0.2, -0.15) is 0 Å². The van der Waals surface area contributed by atoms with Gasteiger partial charge in [-0.1, -0.05) is 6.92 Å². The van der Waals surface area contributed by atoms with E-state index in [1.165, 1.54) is 6.20 Å². The monoisotopic (exact) mass is 192 g/mol. The van der Waals surface area contributed by atoms with Crippen molar-refractivity contribution in [3.8, 4) is 0 Å². The molecular weight excluding hydrogens is 180 g/mol. The second-order valence-corrected chi connectivity index (χ2v) is 3.52. The van der Waals surface area contributed by atoms with Crippen LogP contribution in [0.15, 0.2) is 6.20 Å². The fourth-order valence-electron chi connectivity index (χ4n) is 1.44. The van der Waals surface area contributed by atoms with Crippen LogP contribution in [0.3, 0.4) is 0 Å². The molecule has 0 spiro atoms. The van der Waals surface area contributed by atoms with Gasteiger partial charge >= 0.3 is 5.97 Å². The number of hydrogen-bond donors (Lipinski definition) is 1. The lowest BCUT2D eigenvalue weighted by Crippen LogP contribution is -2.07. The maximum atomic E-state index is 10.9. The van der Waals surface area contributed by atoms with Crippen molar-refractivity contribution in [2.75, 3.05) is 0 Å². The van der Waals surface area contributed by atoms with Crippen LogP contribution in [0.5, 0.6) is 0 Å². The molecule has 1 saturated carbocycles. The predicted octanol–water partition coefficient (Wildman–Crippen LogP) is 1.61. The van der Waals surface area contributed by atoms with Crippen molar-refractivity contribution in [1.82, 2.24) is 9.97 Å². The number of carbonyl (C=O) groups is 1. The second kappa shape index (κ2) is 3.36. The Bertz CT molecular complexity index is 372. The van der Waals surface area contributed by atoms with Crippen molar-refractivity contribution in [1.29, 1.82) is 0 Å². The quantitative estimate of drug-likeness (QED) is 0.790. The molecule has 1 aliphatic rings. The topological polar surface area (TPSA) is 63.1 Å². The van der Waals surface area contributed by atoms with Crippen molar-refractivity contribution >= 4 is 5.97 Å². The number of aromatic nitrogens is 2. The van der Waals surface area contributed by atoms with Crippen molar-refractivity contribution in [2.45, 2.75) is 32.1 Å². The number of carboxylic acid groups (broad SMARTS) is 1. The molecule has 1 aliphatic carbocycles. The highest BCUT2D eigenvalue weighted by molar-refractivity contribution is 5.88. The Morgan fingerprint density at radius 3 is 2.86 bits per heavy atom. The van der Waals surface area contributed by atoms with Crippen LogP contribution in [-0.4, -0.2) is 21.0 Å². The van der Waals surface area contributed by atoms with Gasteiger partial charge in [-0.25, -0.2) is 14.8 Å². The van der Waals surface area contributed by atoms with E-state index in [1.807, 2.05) is 6.92 Å². The summed E-state index contributed by atoms with van der Waals surface area (Å²) in [4.78, 5) is 19.2. The number of hydrogen-bond acceptors (Lipinski definition) is 3. The number of aromatic carboxylic acids is 1.